The number of methoxy groups -OCH3 is 1. The first-order valence-electron chi connectivity index (χ1n) is 6.91. The molecule has 21 heavy (non-hydrogen) atoms. The summed E-state index contributed by atoms with van der Waals surface area (Å²) in [6.07, 6.45) is 0.963. The number of likely N-dealkylation sites (tertiary alicyclic amines) is 1. The first-order chi connectivity index (χ1) is 10.0. The Labute approximate surface area is 123 Å². The quantitative estimate of drug-likeness (QED) is 0.912. The zero-order chi connectivity index (χ0) is 15.4. The number of hydrogen-bond acceptors (Lipinski definition) is 3. The number of nitrogens with zero attached hydrogens (tertiary/aromatic N) is 1. The molecule has 2 amide bonds. The van der Waals surface area contributed by atoms with Crippen LogP contribution in [0, 0.1) is 18.7 Å². The van der Waals surface area contributed by atoms with Gasteiger partial charge in [0, 0.05) is 13.1 Å². The van der Waals surface area contributed by atoms with Crippen LogP contribution in [0.3, 0.4) is 0 Å². The summed E-state index contributed by atoms with van der Waals surface area (Å²) >= 11 is 0. The van der Waals surface area contributed by atoms with Crippen LogP contribution in [-0.4, -0.2) is 37.1 Å². The van der Waals surface area contributed by atoms with Crippen molar-refractivity contribution < 1.29 is 18.7 Å². The smallest absolute Gasteiger partial charge is 0.409 e. The molecule has 6 heteroatoms. The van der Waals surface area contributed by atoms with Gasteiger partial charge in [0.15, 0.2) is 0 Å². The van der Waals surface area contributed by atoms with Gasteiger partial charge in [0.25, 0.3) is 0 Å². The van der Waals surface area contributed by atoms with Gasteiger partial charge in [-0.05, 0) is 31.4 Å². The molecule has 1 aromatic carbocycles. The fourth-order valence-corrected chi connectivity index (χ4v) is 2.46. The zero-order valence-corrected chi connectivity index (χ0v) is 12.2. The molecular formula is C15H19FN2O3. The summed E-state index contributed by atoms with van der Waals surface area (Å²) in [5, 5.41) is 2.61. The van der Waals surface area contributed by atoms with E-state index in [0.717, 1.165) is 6.42 Å². The minimum absolute atomic E-state index is 0.176. The van der Waals surface area contributed by atoms with E-state index in [1.807, 2.05) is 0 Å². The van der Waals surface area contributed by atoms with Crippen molar-refractivity contribution in [3.8, 4) is 0 Å². The minimum Gasteiger partial charge on any atom is -0.453 e. The predicted molar refractivity (Wildman–Crippen MR) is 76.5 cm³/mol. The van der Waals surface area contributed by atoms with Crippen molar-refractivity contribution in [2.24, 2.45) is 5.92 Å². The number of nitrogens with one attached hydrogen (secondary N) is 1. The van der Waals surface area contributed by atoms with Crippen molar-refractivity contribution in [2.45, 2.75) is 19.8 Å². The molecule has 0 saturated carbocycles. The lowest BCUT2D eigenvalue weighted by atomic mass is 9.97. The molecule has 1 atom stereocenters. The number of carbonyl (C=O) groups excluding carboxylic acids is 2. The lowest BCUT2D eigenvalue weighted by Gasteiger charge is -2.30. The SMILES string of the molecule is COC(=O)N1CCC[C@H](C(=O)Nc2cccc(C)c2F)C1. The zero-order valence-electron chi connectivity index (χ0n) is 12.2. The van der Waals surface area contributed by atoms with Crippen molar-refractivity contribution in [1.29, 1.82) is 0 Å². The summed E-state index contributed by atoms with van der Waals surface area (Å²) < 4.78 is 18.6. The van der Waals surface area contributed by atoms with Crippen molar-refractivity contribution in [1.82, 2.24) is 4.90 Å². The number of carbonyl (C=O) groups is 2. The van der Waals surface area contributed by atoms with Crippen LogP contribution in [0.1, 0.15) is 18.4 Å². The van der Waals surface area contributed by atoms with Gasteiger partial charge in [0.05, 0.1) is 18.7 Å². The molecule has 0 aliphatic carbocycles. The number of aryl methyl sites for hydroxylation is 1. The van der Waals surface area contributed by atoms with Crippen LogP contribution in [0.5, 0.6) is 0 Å². The molecule has 0 aromatic heterocycles. The van der Waals surface area contributed by atoms with Crippen LogP contribution in [0.25, 0.3) is 0 Å². The van der Waals surface area contributed by atoms with Crippen LogP contribution in [0.2, 0.25) is 0 Å². The van der Waals surface area contributed by atoms with Gasteiger partial charge in [0.2, 0.25) is 5.91 Å². The second kappa shape index (κ2) is 6.56. The molecule has 1 aliphatic rings. The first-order valence-corrected chi connectivity index (χ1v) is 6.91. The maximum atomic E-state index is 13.9. The number of ether oxygens (including phenoxy) is 1. The first kappa shape index (κ1) is 15.3. The second-order valence-electron chi connectivity index (χ2n) is 5.18. The van der Waals surface area contributed by atoms with Gasteiger partial charge in [0.1, 0.15) is 5.82 Å². The van der Waals surface area contributed by atoms with Crippen molar-refractivity contribution in [3.05, 3.63) is 29.6 Å². The predicted octanol–water partition coefficient (Wildman–Crippen LogP) is 2.55. The molecular weight excluding hydrogens is 275 g/mol. The highest BCUT2D eigenvalue weighted by molar-refractivity contribution is 5.93. The fraction of sp³-hybridized carbons (Fsp3) is 0.467. The van der Waals surface area contributed by atoms with E-state index < -0.39 is 11.9 Å². The van der Waals surface area contributed by atoms with Crippen molar-refractivity contribution in [3.63, 3.8) is 0 Å². The fourth-order valence-electron chi connectivity index (χ4n) is 2.46. The summed E-state index contributed by atoms with van der Waals surface area (Å²) in [5.74, 6) is -1.04. The average molecular weight is 294 g/mol. The molecule has 5 nitrogen and oxygen atoms in total. The van der Waals surface area contributed by atoms with Crippen LogP contribution >= 0.6 is 0 Å². The number of benzene rings is 1. The summed E-state index contributed by atoms with van der Waals surface area (Å²) in [5.41, 5.74) is 0.655. The number of amides is 2. The van der Waals surface area contributed by atoms with Gasteiger partial charge in [-0.25, -0.2) is 9.18 Å². The van der Waals surface area contributed by atoms with Gasteiger partial charge < -0.3 is 15.0 Å². The summed E-state index contributed by atoms with van der Waals surface area (Å²) in [6.45, 7) is 2.52. The minimum atomic E-state index is -0.436. The Morgan fingerprint density at radius 1 is 1.43 bits per heavy atom. The maximum Gasteiger partial charge on any atom is 0.409 e. The van der Waals surface area contributed by atoms with Crippen LogP contribution < -0.4 is 5.32 Å². The van der Waals surface area contributed by atoms with Gasteiger partial charge in [-0.3, -0.25) is 4.79 Å². The summed E-state index contributed by atoms with van der Waals surface area (Å²) in [6, 6.07) is 4.86. The second-order valence-corrected chi connectivity index (χ2v) is 5.18. The largest absolute Gasteiger partial charge is 0.453 e. The molecule has 114 valence electrons. The molecule has 1 N–H and O–H groups in total. The third-order valence-corrected chi connectivity index (χ3v) is 3.67. The van der Waals surface area contributed by atoms with E-state index in [-0.39, 0.29) is 17.5 Å². The van der Waals surface area contributed by atoms with Crippen molar-refractivity contribution in [2.75, 3.05) is 25.5 Å². The van der Waals surface area contributed by atoms with E-state index in [9.17, 15) is 14.0 Å². The Balaban J connectivity index is 2.03. The monoisotopic (exact) mass is 294 g/mol. The third kappa shape index (κ3) is 3.51. The highest BCUT2D eigenvalue weighted by atomic mass is 19.1. The Hall–Kier alpha value is -2.11. The number of anilines is 1. The van der Waals surface area contributed by atoms with Crippen LogP contribution in [0.15, 0.2) is 18.2 Å². The van der Waals surface area contributed by atoms with Crippen LogP contribution in [0.4, 0.5) is 14.9 Å². The lowest BCUT2D eigenvalue weighted by Crippen LogP contribution is -2.43. The van der Waals surface area contributed by atoms with E-state index in [1.54, 1.807) is 19.1 Å². The third-order valence-electron chi connectivity index (χ3n) is 3.67. The van der Waals surface area contributed by atoms with Gasteiger partial charge in [-0.15, -0.1) is 0 Å². The maximum absolute atomic E-state index is 13.9. The molecule has 1 heterocycles. The Bertz CT molecular complexity index is 548. The normalized spacial score (nSPS) is 18.2. The van der Waals surface area contributed by atoms with E-state index in [0.29, 0.717) is 25.1 Å². The van der Waals surface area contributed by atoms with E-state index in [2.05, 4.69) is 10.1 Å². The number of halogens is 1. The lowest BCUT2D eigenvalue weighted by molar-refractivity contribution is -0.121. The molecule has 1 aromatic rings. The number of piperidine rings is 1. The highest BCUT2D eigenvalue weighted by Crippen LogP contribution is 2.22. The van der Waals surface area contributed by atoms with E-state index in [4.69, 9.17) is 0 Å². The molecule has 0 bridgehead atoms. The summed E-state index contributed by atoms with van der Waals surface area (Å²) in [4.78, 5) is 25.2. The molecule has 1 fully saturated rings. The Morgan fingerprint density at radius 3 is 2.90 bits per heavy atom. The Kier molecular flexibility index (Phi) is 4.77. The molecule has 2 rings (SSSR count). The topological polar surface area (TPSA) is 58.6 Å². The molecule has 0 unspecified atom stereocenters. The molecule has 1 aliphatic heterocycles. The molecule has 0 spiro atoms. The molecule has 0 radical (unpaired) electrons. The number of hydrogen-bond donors (Lipinski definition) is 1. The van der Waals surface area contributed by atoms with Crippen molar-refractivity contribution >= 4 is 17.7 Å². The van der Waals surface area contributed by atoms with E-state index >= 15 is 0 Å². The molecule has 1 saturated heterocycles. The summed E-state index contributed by atoms with van der Waals surface area (Å²) in [7, 11) is 1.31. The Morgan fingerprint density at radius 2 is 2.19 bits per heavy atom. The average Bonchev–Trinajstić information content (AvgIpc) is 2.51. The standard InChI is InChI=1S/C15H19FN2O3/c1-10-5-3-7-12(13(10)16)17-14(19)11-6-4-8-18(9-11)15(20)21-2/h3,5,7,11H,4,6,8-9H2,1-2H3,(H,17,19)/t11-/m0/s1. The van der Waals surface area contributed by atoms with E-state index in [1.165, 1.54) is 18.1 Å². The van der Waals surface area contributed by atoms with Gasteiger partial charge in [-0.2, -0.15) is 0 Å². The van der Waals surface area contributed by atoms with Crippen LogP contribution in [-0.2, 0) is 9.53 Å². The number of rotatable bonds is 2. The van der Waals surface area contributed by atoms with Gasteiger partial charge in [-0.1, -0.05) is 12.1 Å². The highest BCUT2D eigenvalue weighted by Gasteiger charge is 2.29. The van der Waals surface area contributed by atoms with Gasteiger partial charge >= 0.3 is 6.09 Å².